The Morgan fingerprint density at radius 2 is 1.34 bits per heavy atom. The van der Waals surface area contributed by atoms with Gasteiger partial charge >= 0.3 is 0 Å². The van der Waals surface area contributed by atoms with Crippen LogP contribution < -0.4 is 4.90 Å². The first-order chi connectivity index (χ1) is 16.8. The molecule has 0 radical (unpaired) electrons. The van der Waals surface area contributed by atoms with Crippen LogP contribution >= 0.6 is 0 Å². The third kappa shape index (κ3) is 3.71. The number of hydrogen-bond donors (Lipinski definition) is 0. The predicted octanol–water partition coefficient (Wildman–Crippen LogP) is 7.17. The molecular formula is C31H28N2O2. The van der Waals surface area contributed by atoms with Gasteiger partial charge < -0.3 is 9.47 Å². The topological polar surface area (TPSA) is 42.3 Å². The van der Waals surface area contributed by atoms with Crippen LogP contribution in [0.25, 0.3) is 27.5 Å². The van der Waals surface area contributed by atoms with E-state index in [-0.39, 0.29) is 11.3 Å². The number of aromatic nitrogens is 1. The molecule has 5 rings (SSSR count). The lowest BCUT2D eigenvalue weighted by Crippen LogP contribution is -2.31. The summed E-state index contributed by atoms with van der Waals surface area (Å²) in [6.45, 7) is 6.40. The number of fused-ring (bicyclic) bond motifs is 3. The zero-order chi connectivity index (χ0) is 24.7. The van der Waals surface area contributed by atoms with Gasteiger partial charge in [-0.05, 0) is 35.2 Å². The number of aldehydes is 1. The number of rotatable bonds is 4. The molecule has 1 heterocycles. The van der Waals surface area contributed by atoms with Gasteiger partial charge in [0.15, 0.2) is 6.29 Å². The van der Waals surface area contributed by atoms with E-state index in [9.17, 15) is 9.59 Å². The van der Waals surface area contributed by atoms with Crippen LogP contribution in [-0.2, 0) is 5.41 Å². The number of carbonyl (C=O) groups excluding carboxylic acids is 2. The van der Waals surface area contributed by atoms with Crippen LogP contribution in [0.3, 0.4) is 0 Å². The van der Waals surface area contributed by atoms with Crippen LogP contribution in [0.4, 0.5) is 5.69 Å². The van der Waals surface area contributed by atoms with Crippen molar-refractivity contribution in [3.8, 4) is 5.69 Å². The molecule has 174 valence electrons. The van der Waals surface area contributed by atoms with Crippen molar-refractivity contribution in [2.24, 2.45) is 0 Å². The molecule has 1 aromatic heterocycles. The summed E-state index contributed by atoms with van der Waals surface area (Å²) < 4.78 is 2.09. The summed E-state index contributed by atoms with van der Waals surface area (Å²) in [5, 5.41) is 2.20. The summed E-state index contributed by atoms with van der Waals surface area (Å²) in [7, 11) is 1.78. The highest BCUT2D eigenvalue weighted by Gasteiger charge is 2.27. The quantitative estimate of drug-likeness (QED) is 0.267. The van der Waals surface area contributed by atoms with E-state index in [2.05, 4.69) is 55.7 Å². The highest BCUT2D eigenvalue weighted by molar-refractivity contribution is 6.15. The van der Waals surface area contributed by atoms with E-state index in [4.69, 9.17) is 0 Å². The Kier molecular flexibility index (Phi) is 5.52. The first kappa shape index (κ1) is 22.6. The van der Waals surface area contributed by atoms with Crippen LogP contribution in [0, 0.1) is 0 Å². The van der Waals surface area contributed by atoms with E-state index in [1.54, 1.807) is 18.0 Å². The average Bonchev–Trinajstić information content (AvgIpc) is 3.21. The average molecular weight is 461 g/mol. The summed E-state index contributed by atoms with van der Waals surface area (Å²) >= 11 is 0. The Bertz CT molecular complexity index is 1530. The van der Waals surface area contributed by atoms with Crippen molar-refractivity contribution in [1.29, 1.82) is 0 Å². The molecule has 35 heavy (non-hydrogen) atoms. The minimum atomic E-state index is -0.221. The van der Waals surface area contributed by atoms with Crippen molar-refractivity contribution < 1.29 is 9.59 Å². The molecule has 4 aromatic carbocycles. The van der Waals surface area contributed by atoms with E-state index in [0.29, 0.717) is 16.8 Å². The molecule has 0 saturated heterocycles. The van der Waals surface area contributed by atoms with Gasteiger partial charge in [-0.3, -0.25) is 9.59 Å². The molecule has 1 amide bonds. The number of benzene rings is 4. The fourth-order valence-electron chi connectivity index (χ4n) is 4.93. The van der Waals surface area contributed by atoms with E-state index >= 15 is 0 Å². The molecule has 0 aliphatic rings. The summed E-state index contributed by atoms with van der Waals surface area (Å²) in [6, 6.07) is 29.7. The first-order valence-corrected chi connectivity index (χ1v) is 11.8. The molecule has 4 heteroatoms. The summed E-state index contributed by atoms with van der Waals surface area (Å²) in [5.74, 6) is -0.221. The number of hydrogen-bond acceptors (Lipinski definition) is 2. The van der Waals surface area contributed by atoms with Crippen LogP contribution in [0.2, 0.25) is 0 Å². The smallest absolute Gasteiger partial charge is 0.260 e. The standard InChI is InChI=1S/C31H28N2O2/c1-31(2,3)24-15-7-10-18-27(24)32(4)30(35)29-21(20-34)12-11-19-28(29)33-25-16-8-5-13-22(25)23-14-6-9-17-26(23)33/h5-20H,1-4H3. The number of anilines is 1. The number of carbonyl (C=O) groups is 2. The lowest BCUT2D eigenvalue weighted by Gasteiger charge is -2.28. The van der Waals surface area contributed by atoms with Gasteiger partial charge in [-0.1, -0.05) is 87.5 Å². The first-order valence-electron chi connectivity index (χ1n) is 11.8. The maximum atomic E-state index is 14.1. The van der Waals surface area contributed by atoms with Gasteiger partial charge in [0.05, 0.1) is 22.3 Å². The van der Waals surface area contributed by atoms with Gasteiger partial charge in [-0.25, -0.2) is 0 Å². The van der Waals surface area contributed by atoms with Crippen molar-refractivity contribution in [3.63, 3.8) is 0 Å². The summed E-state index contributed by atoms with van der Waals surface area (Å²) in [5.41, 5.74) is 5.18. The molecule has 0 aliphatic carbocycles. The highest BCUT2D eigenvalue weighted by atomic mass is 16.2. The normalized spacial score (nSPS) is 11.7. The number of para-hydroxylation sites is 3. The van der Waals surface area contributed by atoms with E-state index in [1.165, 1.54) is 0 Å². The third-order valence-corrected chi connectivity index (χ3v) is 6.61. The van der Waals surface area contributed by atoms with Gasteiger partial charge in [-0.15, -0.1) is 0 Å². The molecule has 0 spiro atoms. The minimum Gasteiger partial charge on any atom is -0.311 e. The van der Waals surface area contributed by atoms with Crippen molar-refractivity contribution >= 4 is 39.7 Å². The summed E-state index contributed by atoms with van der Waals surface area (Å²) in [4.78, 5) is 28.0. The van der Waals surface area contributed by atoms with Gasteiger partial charge in [0.1, 0.15) is 0 Å². The maximum absolute atomic E-state index is 14.1. The second-order valence-corrected chi connectivity index (χ2v) is 9.86. The predicted molar refractivity (Wildman–Crippen MR) is 144 cm³/mol. The lowest BCUT2D eigenvalue weighted by atomic mass is 9.85. The zero-order valence-corrected chi connectivity index (χ0v) is 20.4. The molecule has 5 aromatic rings. The fraction of sp³-hybridized carbons (Fsp3) is 0.161. The Labute approximate surface area is 205 Å². The highest BCUT2D eigenvalue weighted by Crippen LogP contribution is 2.36. The monoisotopic (exact) mass is 460 g/mol. The van der Waals surface area contributed by atoms with Crippen LogP contribution in [0.15, 0.2) is 91.0 Å². The largest absolute Gasteiger partial charge is 0.311 e. The molecule has 0 saturated carbocycles. The molecule has 0 aliphatic heterocycles. The van der Waals surface area contributed by atoms with Crippen molar-refractivity contribution in [1.82, 2.24) is 4.57 Å². The van der Waals surface area contributed by atoms with Crippen LogP contribution in [0.5, 0.6) is 0 Å². The van der Waals surface area contributed by atoms with Crippen molar-refractivity contribution in [2.45, 2.75) is 26.2 Å². The Balaban J connectivity index is 1.77. The van der Waals surface area contributed by atoms with Gasteiger partial charge in [0.2, 0.25) is 0 Å². The van der Waals surface area contributed by atoms with Gasteiger partial charge in [-0.2, -0.15) is 0 Å². The minimum absolute atomic E-state index is 0.148. The molecule has 0 atom stereocenters. The molecule has 0 fully saturated rings. The van der Waals surface area contributed by atoms with Crippen molar-refractivity contribution in [2.75, 3.05) is 11.9 Å². The summed E-state index contributed by atoms with van der Waals surface area (Å²) in [6.07, 6.45) is 0.772. The second-order valence-electron chi connectivity index (χ2n) is 9.86. The molecular weight excluding hydrogens is 432 g/mol. The molecule has 0 bridgehead atoms. The fourth-order valence-corrected chi connectivity index (χ4v) is 4.93. The molecule has 4 nitrogen and oxygen atoms in total. The Hall–Kier alpha value is -4.18. The molecule has 0 N–H and O–H groups in total. The van der Waals surface area contributed by atoms with Crippen LogP contribution in [0.1, 0.15) is 47.1 Å². The van der Waals surface area contributed by atoms with E-state index in [0.717, 1.165) is 39.3 Å². The molecule has 0 unspecified atom stereocenters. The SMILES string of the molecule is CN(C(=O)c1c(C=O)cccc1-n1c2ccccc2c2ccccc21)c1ccccc1C(C)(C)C. The number of nitrogens with zero attached hydrogens (tertiary/aromatic N) is 2. The van der Waals surface area contributed by atoms with Crippen molar-refractivity contribution in [3.05, 3.63) is 108 Å². The Morgan fingerprint density at radius 3 is 1.94 bits per heavy atom. The van der Waals surface area contributed by atoms with Gasteiger partial charge in [0, 0.05) is 29.1 Å². The lowest BCUT2D eigenvalue weighted by molar-refractivity contribution is 0.0986. The second kappa shape index (κ2) is 8.55. The maximum Gasteiger partial charge on any atom is 0.260 e. The third-order valence-electron chi connectivity index (χ3n) is 6.61. The van der Waals surface area contributed by atoms with Gasteiger partial charge in [0.25, 0.3) is 5.91 Å². The zero-order valence-electron chi connectivity index (χ0n) is 20.4. The Morgan fingerprint density at radius 1 is 0.771 bits per heavy atom. The van der Waals surface area contributed by atoms with E-state index in [1.807, 2.05) is 54.6 Å². The van der Waals surface area contributed by atoms with Crippen LogP contribution in [-0.4, -0.2) is 23.8 Å². The van der Waals surface area contributed by atoms with E-state index < -0.39 is 0 Å². The number of amides is 1.